The van der Waals surface area contributed by atoms with Gasteiger partial charge in [0.25, 0.3) is 0 Å². The summed E-state index contributed by atoms with van der Waals surface area (Å²) >= 11 is 0. The van der Waals surface area contributed by atoms with Crippen LogP contribution >= 0.6 is 0 Å². The molecule has 0 saturated heterocycles. The summed E-state index contributed by atoms with van der Waals surface area (Å²) in [5.41, 5.74) is 3.29. The molecule has 0 bridgehead atoms. The van der Waals surface area contributed by atoms with Gasteiger partial charge in [0.15, 0.2) is 0 Å². The second kappa shape index (κ2) is 4.50. The zero-order valence-electron chi connectivity index (χ0n) is 14.8. The van der Waals surface area contributed by atoms with E-state index >= 15 is 0 Å². The minimum Gasteiger partial charge on any atom is -0.390 e. The standard InChI is InChI=1S/C21H32O/c1-14-7-10-19(2)15(13-14)5-6-16-17(19)8-11-20(3)18(16)9-12-21(20,4)22/h5,13,16-18,22H,6-12H2,1-4H3/t16-,17+,18+,19+,20+,21-/m1/s1. The van der Waals surface area contributed by atoms with Gasteiger partial charge in [-0.3, -0.25) is 0 Å². The van der Waals surface area contributed by atoms with Crippen LogP contribution in [0.1, 0.15) is 72.6 Å². The molecule has 0 aliphatic heterocycles. The van der Waals surface area contributed by atoms with Crippen molar-refractivity contribution < 1.29 is 5.11 Å². The zero-order chi connectivity index (χ0) is 15.8. The van der Waals surface area contributed by atoms with Crippen molar-refractivity contribution in [2.75, 3.05) is 0 Å². The van der Waals surface area contributed by atoms with Crippen LogP contribution in [0.5, 0.6) is 0 Å². The van der Waals surface area contributed by atoms with E-state index in [0.29, 0.717) is 5.41 Å². The molecule has 0 aromatic rings. The van der Waals surface area contributed by atoms with Gasteiger partial charge in [-0.2, -0.15) is 0 Å². The van der Waals surface area contributed by atoms with Crippen molar-refractivity contribution in [1.82, 2.24) is 0 Å². The highest BCUT2D eigenvalue weighted by molar-refractivity contribution is 5.36. The second-order valence-electron chi connectivity index (χ2n) is 9.45. The van der Waals surface area contributed by atoms with Gasteiger partial charge in [-0.25, -0.2) is 0 Å². The highest BCUT2D eigenvalue weighted by Crippen LogP contribution is 2.66. The molecule has 0 amide bonds. The van der Waals surface area contributed by atoms with Gasteiger partial charge in [0.2, 0.25) is 0 Å². The number of fused-ring (bicyclic) bond motifs is 5. The molecule has 122 valence electrons. The van der Waals surface area contributed by atoms with Crippen LogP contribution in [0.2, 0.25) is 0 Å². The molecule has 4 aliphatic rings. The summed E-state index contributed by atoms with van der Waals surface area (Å²) in [6.07, 6.45) is 13.7. The summed E-state index contributed by atoms with van der Waals surface area (Å²) in [5, 5.41) is 10.9. The summed E-state index contributed by atoms with van der Waals surface area (Å²) < 4.78 is 0. The van der Waals surface area contributed by atoms with Crippen molar-refractivity contribution in [1.29, 1.82) is 0 Å². The van der Waals surface area contributed by atoms with Gasteiger partial charge in [0.05, 0.1) is 5.60 Å². The van der Waals surface area contributed by atoms with E-state index in [0.717, 1.165) is 24.2 Å². The molecule has 0 aromatic carbocycles. The van der Waals surface area contributed by atoms with Crippen molar-refractivity contribution in [2.45, 2.75) is 78.2 Å². The molecule has 0 unspecified atom stereocenters. The monoisotopic (exact) mass is 300 g/mol. The minimum atomic E-state index is -0.448. The Morgan fingerprint density at radius 1 is 1.05 bits per heavy atom. The lowest BCUT2D eigenvalue weighted by Gasteiger charge is -2.58. The molecule has 4 rings (SSSR count). The molecule has 0 spiro atoms. The van der Waals surface area contributed by atoms with Crippen molar-refractivity contribution in [3.05, 3.63) is 23.3 Å². The Balaban J connectivity index is 1.72. The van der Waals surface area contributed by atoms with Crippen LogP contribution in [-0.2, 0) is 0 Å². The quantitative estimate of drug-likeness (QED) is 0.647. The average Bonchev–Trinajstić information content (AvgIpc) is 2.70. The van der Waals surface area contributed by atoms with Crippen molar-refractivity contribution in [2.24, 2.45) is 28.6 Å². The summed E-state index contributed by atoms with van der Waals surface area (Å²) in [7, 11) is 0. The summed E-state index contributed by atoms with van der Waals surface area (Å²) in [5.74, 6) is 2.36. The third-order valence-electron chi connectivity index (χ3n) is 8.53. The van der Waals surface area contributed by atoms with Crippen LogP contribution in [0.25, 0.3) is 0 Å². The first-order chi connectivity index (χ1) is 10.3. The average molecular weight is 300 g/mol. The Bertz CT molecular complexity index is 554. The van der Waals surface area contributed by atoms with Gasteiger partial charge in [0.1, 0.15) is 0 Å². The molecule has 1 heteroatoms. The van der Waals surface area contributed by atoms with Gasteiger partial charge in [-0.1, -0.05) is 31.6 Å². The van der Waals surface area contributed by atoms with Crippen LogP contribution in [-0.4, -0.2) is 10.7 Å². The van der Waals surface area contributed by atoms with E-state index < -0.39 is 5.60 Å². The fourth-order valence-corrected chi connectivity index (χ4v) is 6.71. The molecule has 1 nitrogen and oxygen atoms in total. The van der Waals surface area contributed by atoms with Gasteiger partial charge >= 0.3 is 0 Å². The minimum absolute atomic E-state index is 0.149. The Labute approximate surface area is 135 Å². The predicted octanol–water partition coefficient (Wildman–Crippen LogP) is 5.26. The number of hydrogen-bond acceptors (Lipinski definition) is 1. The molecule has 22 heavy (non-hydrogen) atoms. The molecule has 2 fully saturated rings. The van der Waals surface area contributed by atoms with Crippen molar-refractivity contribution >= 4 is 0 Å². The van der Waals surface area contributed by atoms with E-state index in [1.807, 2.05) is 0 Å². The van der Waals surface area contributed by atoms with Crippen LogP contribution in [0.4, 0.5) is 0 Å². The van der Waals surface area contributed by atoms with E-state index in [2.05, 4.69) is 39.8 Å². The Morgan fingerprint density at radius 2 is 1.77 bits per heavy atom. The third kappa shape index (κ3) is 1.75. The SMILES string of the molecule is CC1=CC2=CC[C@@H]3[C@H](CC[C@@]4(C)[C@H]3CC[C@@]4(C)O)[C@@]2(C)CC1. The van der Waals surface area contributed by atoms with E-state index in [9.17, 15) is 5.11 Å². The van der Waals surface area contributed by atoms with E-state index in [4.69, 9.17) is 0 Å². The lowest BCUT2D eigenvalue weighted by molar-refractivity contribution is -0.111. The number of hydrogen-bond donors (Lipinski definition) is 1. The van der Waals surface area contributed by atoms with Crippen LogP contribution in [0, 0.1) is 28.6 Å². The molecular formula is C21H32O. The van der Waals surface area contributed by atoms with Gasteiger partial charge in [-0.05, 0) is 93.0 Å². The van der Waals surface area contributed by atoms with Gasteiger partial charge in [0, 0.05) is 0 Å². The van der Waals surface area contributed by atoms with Crippen LogP contribution in [0.3, 0.4) is 0 Å². The Kier molecular flexibility index (Phi) is 3.07. The van der Waals surface area contributed by atoms with Crippen molar-refractivity contribution in [3.63, 3.8) is 0 Å². The highest BCUT2D eigenvalue weighted by atomic mass is 16.3. The van der Waals surface area contributed by atoms with E-state index in [1.165, 1.54) is 38.5 Å². The fourth-order valence-electron chi connectivity index (χ4n) is 6.71. The summed E-state index contributed by atoms with van der Waals surface area (Å²) in [6.45, 7) is 9.31. The zero-order valence-corrected chi connectivity index (χ0v) is 14.8. The maximum atomic E-state index is 10.9. The lowest BCUT2D eigenvalue weighted by Crippen LogP contribution is -2.53. The first-order valence-corrected chi connectivity index (χ1v) is 9.38. The van der Waals surface area contributed by atoms with E-state index in [-0.39, 0.29) is 5.41 Å². The fraction of sp³-hybridized carbons (Fsp3) is 0.810. The largest absolute Gasteiger partial charge is 0.390 e. The number of aliphatic hydroxyl groups is 1. The molecule has 1 N–H and O–H groups in total. The maximum absolute atomic E-state index is 10.9. The normalized spacial score (nSPS) is 54.0. The summed E-state index contributed by atoms with van der Waals surface area (Å²) in [6, 6.07) is 0. The predicted molar refractivity (Wildman–Crippen MR) is 91.5 cm³/mol. The number of rotatable bonds is 0. The number of allylic oxidation sites excluding steroid dienone is 4. The second-order valence-corrected chi connectivity index (χ2v) is 9.45. The van der Waals surface area contributed by atoms with Gasteiger partial charge < -0.3 is 5.11 Å². The Morgan fingerprint density at radius 3 is 2.55 bits per heavy atom. The summed E-state index contributed by atoms with van der Waals surface area (Å²) in [4.78, 5) is 0. The molecule has 0 heterocycles. The van der Waals surface area contributed by atoms with Crippen molar-refractivity contribution in [3.8, 4) is 0 Å². The molecular weight excluding hydrogens is 268 g/mol. The highest BCUT2D eigenvalue weighted by Gasteiger charge is 2.61. The van der Waals surface area contributed by atoms with Crippen LogP contribution < -0.4 is 0 Å². The molecule has 2 saturated carbocycles. The van der Waals surface area contributed by atoms with Gasteiger partial charge in [-0.15, -0.1) is 0 Å². The molecule has 4 aliphatic carbocycles. The van der Waals surface area contributed by atoms with Crippen LogP contribution in [0.15, 0.2) is 23.3 Å². The third-order valence-corrected chi connectivity index (χ3v) is 8.53. The molecule has 0 radical (unpaired) electrons. The first kappa shape index (κ1) is 15.0. The first-order valence-electron chi connectivity index (χ1n) is 9.38. The topological polar surface area (TPSA) is 20.2 Å². The lowest BCUT2D eigenvalue weighted by atomic mass is 9.47. The van der Waals surface area contributed by atoms with E-state index in [1.54, 1.807) is 11.1 Å². The molecule has 6 atom stereocenters. The Hall–Kier alpha value is -0.560. The molecule has 0 aromatic heterocycles. The smallest absolute Gasteiger partial charge is 0.0675 e. The maximum Gasteiger partial charge on any atom is 0.0675 e.